The minimum Gasteiger partial charge on any atom is -0.297 e. The minimum atomic E-state index is 0.229. The third-order valence-electron chi connectivity index (χ3n) is 6.41. The molecule has 120 valence electrons. The van der Waals surface area contributed by atoms with Gasteiger partial charge in [-0.3, -0.25) is 4.90 Å². The van der Waals surface area contributed by atoms with Crippen LogP contribution in [0.25, 0.3) is 0 Å². The van der Waals surface area contributed by atoms with E-state index in [0.717, 1.165) is 6.42 Å². The molecule has 0 aromatic heterocycles. The summed E-state index contributed by atoms with van der Waals surface area (Å²) >= 11 is 0. The second kappa shape index (κ2) is 5.21. The number of likely N-dealkylation sites (N-methyl/N-ethyl adjacent to an activating group) is 1. The predicted molar refractivity (Wildman–Crippen MR) is 96.8 cm³/mol. The Morgan fingerprint density at radius 3 is 2.48 bits per heavy atom. The summed E-state index contributed by atoms with van der Waals surface area (Å²) in [5.74, 6) is 0. The molecule has 3 unspecified atom stereocenters. The van der Waals surface area contributed by atoms with Crippen molar-refractivity contribution < 1.29 is 0 Å². The molecule has 1 heteroatoms. The van der Waals surface area contributed by atoms with Gasteiger partial charge in [0.15, 0.2) is 0 Å². The summed E-state index contributed by atoms with van der Waals surface area (Å²) in [5.41, 5.74) is 5.17. The van der Waals surface area contributed by atoms with Crippen molar-refractivity contribution in [1.29, 1.82) is 0 Å². The van der Waals surface area contributed by atoms with Crippen molar-refractivity contribution in [3.8, 4) is 0 Å². The fourth-order valence-electron chi connectivity index (χ4n) is 5.31. The fourth-order valence-corrected chi connectivity index (χ4v) is 5.31. The summed E-state index contributed by atoms with van der Waals surface area (Å²) in [6.45, 7) is 4.96. The van der Waals surface area contributed by atoms with E-state index in [2.05, 4.69) is 80.4 Å². The lowest BCUT2D eigenvalue weighted by Crippen LogP contribution is -2.62. The average Bonchev–Trinajstić information content (AvgIpc) is 2.53. The van der Waals surface area contributed by atoms with Crippen LogP contribution < -0.4 is 0 Å². The topological polar surface area (TPSA) is 3.24 Å². The van der Waals surface area contributed by atoms with E-state index in [-0.39, 0.29) is 5.54 Å². The van der Waals surface area contributed by atoms with Crippen molar-refractivity contribution in [3.63, 3.8) is 0 Å². The molecule has 0 amide bonds. The standard InChI is InChI=1S/C22H27N/c1-21-15-19(13-18-11-7-8-12-20(18)21)23(3)22(2,16-21)14-17-9-5-4-6-10-17/h4-12,19H,13-16H2,1-3H3. The predicted octanol–water partition coefficient (Wildman–Crippen LogP) is 4.60. The molecule has 0 radical (unpaired) electrons. The van der Waals surface area contributed by atoms with Crippen molar-refractivity contribution in [1.82, 2.24) is 4.90 Å². The molecule has 0 saturated carbocycles. The van der Waals surface area contributed by atoms with Crippen LogP contribution in [0, 0.1) is 0 Å². The second-order valence-corrected chi connectivity index (χ2v) is 8.23. The second-order valence-electron chi connectivity index (χ2n) is 8.23. The highest BCUT2D eigenvalue weighted by molar-refractivity contribution is 5.40. The Balaban J connectivity index is 1.72. The molecule has 1 fully saturated rings. The van der Waals surface area contributed by atoms with Gasteiger partial charge in [-0.25, -0.2) is 0 Å². The Morgan fingerprint density at radius 1 is 1.00 bits per heavy atom. The lowest BCUT2D eigenvalue weighted by Gasteiger charge is -2.58. The smallest absolute Gasteiger partial charge is 0.0230 e. The van der Waals surface area contributed by atoms with Crippen LogP contribution in [0.2, 0.25) is 0 Å². The zero-order valence-corrected chi connectivity index (χ0v) is 14.5. The van der Waals surface area contributed by atoms with Gasteiger partial charge < -0.3 is 0 Å². The molecule has 2 aromatic rings. The number of rotatable bonds is 2. The first-order valence-electron chi connectivity index (χ1n) is 8.85. The highest BCUT2D eigenvalue weighted by Gasteiger charge is 2.50. The highest BCUT2D eigenvalue weighted by Crippen LogP contribution is 2.50. The Hall–Kier alpha value is -1.60. The maximum Gasteiger partial charge on any atom is 0.0230 e. The van der Waals surface area contributed by atoms with Gasteiger partial charge in [0, 0.05) is 11.6 Å². The van der Waals surface area contributed by atoms with Gasteiger partial charge in [0.25, 0.3) is 0 Å². The third kappa shape index (κ3) is 2.42. The van der Waals surface area contributed by atoms with Gasteiger partial charge in [-0.05, 0) is 61.8 Å². The first kappa shape index (κ1) is 15.0. The molecule has 1 nitrogen and oxygen atoms in total. The molecule has 1 aliphatic heterocycles. The monoisotopic (exact) mass is 305 g/mol. The quantitative estimate of drug-likeness (QED) is 0.784. The normalized spacial score (nSPS) is 33.3. The van der Waals surface area contributed by atoms with Crippen molar-refractivity contribution in [3.05, 3.63) is 71.3 Å². The van der Waals surface area contributed by atoms with Gasteiger partial charge >= 0.3 is 0 Å². The Bertz CT molecular complexity index is 707. The van der Waals surface area contributed by atoms with Crippen LogP contribution in [0.5, 0.6) is 0 Å². The summed E-state index contributed by atoms with van der Waals surface area (Å²) in [6, 6.07) is 20.8. The van der Waals surface area contributed by atoms with Crippen LogP contribution >= 0.6 is 0 Å². The zero-order chi connectivity index (χ0) is 16.1. The Labute approximate surface area is 140 Å². The molecule has 0 spiro atoms. The summed E-state index contributed by atoms with van der Waals surface area (Å²) in [4.78, 5) is 2.68. The Morgan fingerprint density at radius 2 is 1.70 bits per heavy atom. The third-order valence-corrected chi connectivity index (χ3v) is 6.41. The van der Waals surface area contributed by atoms with Gasteiger partial charge in [0.1, 0.15) is 0 Å². The average molecular weight is 305 g/mol. The molecule has 1 heterocycles. The van der Waals surface area contributed by atoms with Gasteiger partial charge in [-0.1, -0.05) is 61.5 Å². The number of piperidine rings is 1. The lowest BCUT2D eigenvalue weighted by molar-refractivity contribution is -0.0101. The van der Waals surface area contributed by atoms with Gasteiger partial charge in [-0.2, -0.15) is 0 Å². The van der Waals surface area contributed by atoms with E-state index in [1.165, 1.54) is 24.8 Å². The molecule has 0 N–H and O–H groups in total. The summed E-state index contributed by atoms with van der Waals surface area (Å²) < 4.78 is 0. The van der Waals surface area contributed by atoms with Crippen LogP contribution in [-0.4, -0.2) is 23.5 Å². The van der Waals surface area contributed by atoms with Crippen LogP contribution in [0.4, 0.5) is 0 Å². The molecule has 4 rings (SSSR count). The first-order chi connectivity index (χ1) is 11.0. The maximum absolute atomic E-state index is 2.68. The minimum absolute atomic E-state index is 0.229. The fraction of sp³-hybridized carbons (Fsp3) is 0.455. The number of fused-ring (bicyclic) bond motifs is 4. The van der Waals surface area contributed by atoms with Gasteiger partial charge in [0.05, 0.1) is 0 Å². The molecule has 3 atom stereocenters. The summed E-state index contributed by atoms with van der Waals surface area (Å²) in [7, 11) is 2.35. The van der Waals surface area contributed by atoms with E-state index < -0.39 is 0 Å². The molecule has 2 bridgehead atoms. The zero-order valence-electron chi connectivity index (χ0n) is 14.5. The molecule has 1 aliphatic carbocycles. The lowest BCUT2D eigenvalue weighted by atomic mass is 9.59. The number of hydrogen-bond acceptors (Lipinski definition) is 1. The SMILES string of the molecule is CN1C2Cc3ccccc3C(C)(C2)CC1(C)Cc1ccccc1. The van der Waals surface area contributed by atoms with E-state index in [4.69, 9.17) is 0 Å². The molecule has 1 saturated heterocycles. The van der Waals surface area contributed by atoms with Gasteiger partial charge in [0.2, 0.25) is 0 Å². The molecule has 2 aliphatic rings. The van der Waals surface area contributed by atoms with Crippen LogP contribution in [0.1, 0.15) is 43.4 Å². The van der Waals surface area contributed by atoms with Crippen LogP contribution in [0.3, 0.4) is 0 Å². The highest BCUT2D eigenvalue weighted by atomic mass is 15.2. The van der Waals surface area contributed by atoms with Gasteiger partial charge in [-0.15, -0.1) is 0 Å². The molecular formula is C22H27N. The number of likely N-dealkylation sites (tertiary alicyclic amines) is 1. The van der Waals surface area contributed by atoms with E-state index >= 15 is 0 Å². The number of hydrogen-bond donors (Lipinski definition) is 0. The first-order valence-corrected chi connectivity index (χ1v) is 8.85. The number of benzene rings is 2. The van der Waals surface area contributed by atoms with Crippen molar-refractivity contribution in [2.24, 2.45) is 0 Å². The molecular weight excluding hydrogens is 278 g/mol. The summed E-state index contributed by atoms with van der Waals surface area (Å²) in [6.07, 6.45) is 4.87. The molecule has 23 heavy (non-hydrogen) atoms. The van der Waals surface area contributed by atoms with E-state index in [0.29, 0.717) is 11.5 Å². The van der Waals surface area contributed by atoms with E-state index in [9.17, 15) is 0 Å². The van der Waals surface area contributed by atoms with Crippen molar-refractivity contribution in [2.45, 2.75) is 56.5 Å². The maximum atomic E-state index is 2.68. The van der Waals surface area contributed by atoms with E-state index in [1.807, 2.05) is 0 Å². The summed E-state index contributed by atoms with van der Waals surface area (Å²) in [5, 5.41) is 0. The number of nitrogens with zero attached hydrogens (tertiary/aromatic N) is 1. The van der Waals surface area contributed by atoms with Crippen LogP contribution in [-0.2, 0) is 18.3 Å². The Kier molecular flexibility index (Phi) is 3.39. The van der Waals surface area contributed by atoms with Crippen LogP contribution in [0.15, 0.2) is 54.6 Å². The van der Waals surface area contributed by atoms with Crippen molar-refractivity contribution in [2.75, 3.05) is 7.05 Å². The largest absolute Gasteiger partial charge is 0.297 e. The van der Waals surface area contributed by atoms with Crippen molar-refractivity contribution >= 4 is 0 Å². The van der Waals surface area contributed by atoms with E-state index in [1.54, 1.807) is 11.1 Å². The molecule has 2 aromatic carbocycles.